The maximum atomic E-state index is 11.8. The SMILES string of the molecule is CC(C)[C@@H](NC(=O)Nc1ccc(C#N)c(C#N)c1)C(=O)O. The number of amides is 2. The largest absolute Gasteiger partial charge is 0.480 e. The third-order valence-electron chi connectivity index (χ3n) is 2.74. The predicted molar refractivity (Wildman–Crippen MR) is 74.3 cm³/mol. The number of benzene rings is 1. The van der Waals surface area contributed by atoms with E-state index >= 15 is 0 Å². The second-order valence-corrected chi connectivity index (χ2v) is 4.64. The quantitative estimate of drug-likeness (QED) is 0.775. The molecule has 1 rings (SSSR count). The number of anilines is 1. The van der Waals surface area contributed by atoms with E-state index in [1.807, 2.05) is 12.1 Å². The van der Waals surface area contributed by atoms with Gasteiger partial charge in [0.05, 0.1) is 11.1 Å². The second kappa shape index (κ2) is 6.92. The highest BCUT2D eigenvalue weighted by Crippen LogP contribution is 2.14. The lowest BCUT2D eigenvalue weighted by molar-refractivity contribution is -0.140. The number of urea groups is 1. The van der Waals surface area contributed by atoms with Crippen LogP contribution in [0.4, 0.5) is 10.5 Å². The molecule has 0 aromatic heterocycles. The summed E-state index contributed by atoms with van der Waals surface area (Å²) in [4.78, 5) is 22.7. The Morgan fingerprint density at radius 1 is 1.19 bits per heavy atom. The zero-order valence-electron chi connectivity index (χ0n) is 11.5. The van der Waals surface area contributed by atoms with E-state index in [-0.39, 0.29) is 17.0 Å². The lowest BCUT2D eigenvalue weighted by Crippen LogP contribution is -2.46. The number of nitriles is 2. The van der Waals surface area contributed by atoms with Gasteiger partial charge in [-0.25, -0.2) is 9.59 Å². The Morgan fingerprint density at radius 3 is 2.29 bits per heavy atom. The van der Waals surface area contributed by atoms with Crippen LogP contribution in [-0.2, 0) is 4.79 Å². The summed E-state index contributed by atoms with van der Waals surface area (Å²) in [5.41, 5.74) is 0.638. The summed E-state index contributed by atoms with van der Waals surface area (Å²) >= 11 is 0. The molecule has 1 aromatic carbocycles. The van der Waals surface area contributed by atoms with Gasteiger partial charge in [-0.2, -0.15) is 10.5 Å². The molecule has 7 nitrogen and oxygen atoms in total. The van der Waals surface area contributed by atoms with E-state index in [1.165, 1.54) is 18.2 Å². The number of hydrogen-bond donors (Lipinski definition) is 3. The van der Waals surface area contributed by atoms with Crippen molar-refractivity contribution in [1.29, 1.82) is 10.5 Å². The fraction of sp³-hybridized carbons (Fsp3) is 0.286. The van der Waals surface area contributed by atoms with Crippen molar-refractivity contribution in [3.05, 3.63) is 29.3 Å². The van der Waals surface area contributed by atoms with E-state index in [1.54, 1.807) is 13.8 Å². The zero-order chi connectivity index (χ0) is 16.0. The van der Waals surface area contributed by atoms with Crippen LogP contribution in [0, 0.1) is 28.6 Å². The van der Waals surface area contributed by atoms with Crippen LogP contribution in [0.2, 0.25) is 0 Å². The normalized spacial score (nSPS) is 11.1. The first-order valence-corrected chi connectivity index (χ1v) is 6.13. The average Bonchev–Trinajstić information content (AvgIpc) is 2.43. The predicted octanol–water partition coefficient (Wildman–Crippen LogP) is 1.66. The van der Waals surface area contributed by atoms with Crippen molar-refractivity contribution in [2.75, 3.05) is 5.32 Å². The smallest absolute Gasteiger partial charge is 0.326 e. The number of nitrogens with zero attached hydrogens (tertiary/aromatic N) is 2. The van der Waals surface area contributed by atoms with Crippen LogP contribution in [0.5, 0.6) is 0 Å². The van der Waals surface area contributed by atoms with Gasteiger partial charge >= 0.3 is 12.0 Å². The molecule has 0 heterocycles. The third kappa shape index (κ3) is 4.22. The number of carboxylic acids is 1. The number of nitrogens with one attached hydrogen (secondary N) is 2. The molecule has 0 spiro atoms. The Labute approximate surface area is 121 Å². The first-order valence-electron chi connectivity index (χ1n) is 6.13. The summed E-state index contributed by atoms with van der Waals surface area (Å²) in [6.07, 6.45) is 0. The van der Waals surface area contributed by atoms with E-state index in [2.05, 4.69) is 10.6 Å². The molecular weight excluding hydrogens is 272 g/mol. The van der Waals surface area contributed by atoms with Gasteiger partial charge in [-0.1, -0.05) is 13.8 Å². The Balaban J connectivity index is 2.83. The minimum atomic E-state index is -1.13. The van der Waals surface area contributed by atoms with E-state index < -0.39 is 18.0 Å². The van der Waals surface area contributed by atoms with Gasteiger partial charge in [-0.15, -0.1) is 0 Å². The van der Waals surface area contributed by atoms with Crippen molar-refractivity contribution in [2.24, 2.45) is 5.92 Å². The zero-order valence-corrected chi connectivity index (χ0v) is 11.5. The van der Waals surface area contributed by atoms with Crippen LogP contribution in [0.1, 0.15) is 25.0 Å². The summed E-state index contributed by atoms with van der Waals surface area (Å²) in [5.74, 6) is -1.40. The molecule has 3 N–H and O–H groups in total. The van der Waals surface area contributed by atoms with Gasteiger partial charge < -0.3 is 15.7 Å². The minimum absolute atomic E-state index is 0.133. The third-order valence-corrected chi connectivity index (χ3v) is 2.74. The summed E-state index contributed by atoms with van der Waals surface area (Å²) < 4.78 is 0. The molecule has 0 bridgehead atoms. The van der Waals surface area contributed by atoms with Crippen molar-refractivity contribution in [3.63, 3.8) is 0 Å². The van der Waals surface area contributed by atoms with Crippen molar-refractivity contribution in [3.8, 4) is 12.1 Å². The molecule has 21 heavy (non-hydrogen) atoms. The molecular formula is C14H14N4O3. The molecule has 0 unspecified atom stereocenters. The highest BCUT2D eigenvalue weighted by molar-refractivity contribution is 5.92. The Bertz CT molecular complexity index is 641. The highest BCUT2D eigenvalue weighted by Gasteiger charge is 2.23. The van der Waals surface area contributed by atoms with Gasteiger partial charge in [0, 0.05) is 5.69 Å². The molecule has 108 valence electrons. The monoisotopic (exact) mass is 286 g/mol. The molecule has 0 aliphatic carbocycles. The highest BCUT2D eigenvalue weighted by atomic mass is 16.4. The van der Waals surface area contributed by atoms with Crippen LogP contribution < -0.4 is 10.6 Å². The van der Waals surface area contributed by atoms with Crippen molar-refractivity contribution < 1.29 is 14.7 Å². The van der Waals surface area contributed by atoms with Crippen LogP contribution in [0.3, 0.4) is 0 Å². The first-order chi connectivity index (χ1) is 9.88. The standard InChI is InChI=1S/C14H14N4O3/c1-8(2)12(13(19)20)18-14(21)17-11-4-3-9(6-15)10(5-11)7-16/h3-5,8,12H,1-2H3,(H,19,20)(H2,17,18,21)/t12-/m1/s1. The van der Waals surface area contributed by atoms with Gasteiger partial charge in [0.2, 0.25) is 0 Å². The number of hydrogen-bond acceptors (Lipinski definition) is 4. The molecule has 0 saturated carbocycles. The van der Waals surface area contributed by atoms with Gasteiger partial charge in [-0.05, 0) is 24.1 Å². The van der Waals surface area contributed by atoms with Gasteiger partial charge in [0.15, 0.2) is 0 Å². The van der Waals surface area contributed by atoms with Crippen LogP contribution in [0.25, 0.3) is 0 Å². The Hall–Kier alpha value is -3.06. The Morgan fingerprint density at radius 2 is 1.81 bits per heavy atom. The maximum absolute atomic E-state index is 11.8. The number of carboxylic acid groups (broad SMARTS) is 1. The summed E-state index contributed by atoms with van der Waals surface area (Å²) in [6.45, 7) is 3.35. The van der Waals surface area contributed by atoms with Crippen LogP contribution >= 0.6 is 0 Å². The number of aliphatic carboxylic acids is 1. The lowest BCUT2D eigenvalue weighted by atomic mass is 10.1. The van der Waals surface area contributed by atoms with E-state index in [9.17, 15) is 9.59 Å². The topological polar surface area (TPSA) is 126 Å². The number of rotatable bonds is 4. The molecule has 0 radical (unpaired) electrons. The molecule has 1 aromatic rings. The molecule has 0 fully saturated rings. The minimum Gasteiger partial charge on any atom is -0.480 e. The van der Waals surface area contributed by atoms with Crippen molar-refractivity contribution in [2.45, 2.75) is 19.9 Å². The molecule has 0 aliphatic rings. The molecule has 2 amide bonds. The maximum Gasteiger partial charge on any atom is 0.326 e. The second-order valence-electron chi connectivity index (χ2n) is 4.64. The fourth-order valence-corrected chi connectivity index (χ4v) is 1.63. The number of carbonyl (C=O) groups is 2. The molecule has 7 heteroatoms. The van der Waals surface area contributed by atoms with Crippen LogP contribution in [0.15, 0.2) is 18.2 Å². The summed E-state index contributed by atoms with van der Waals surface area (Å²) in [7, 11) is 0. The lowest BCUT2D eigenvalue weighted by Gasteiger charge is -2.18. The fourth-order valence-electron chi connectivity index (χ4n) is 1.63. The molecule has 0 aliphatic heterocycles. The van der Waals surface area contributed by atoms with Gasteiger partial charge in [-0.3, -0.25) is 0 Å². The summed E-state index contributed by atoms with van der Waals surface area (Å²) in [6, 6.07) is 6.23. The van der Waals surface area contributed by atoms with E-state index in [0.29, 0.717) is 5.69 Å². The van der Waals surface area contributed by atoms with E-state index in [4.69, 9.17) is 15.6 Å². The molecule has 1 atom stereocenters. The Kier molecular flexibility index (Phi) is 5.27. The van der Waals surface area contributed by atoms with Gasteiger partial charge in [0.25, 0.3) is 0 Å². The first kappa shape index (κ1) is 16.0. The van der Waals surface area contributed by atoms with Crippen molar-refractivity contribution in [1.82, 2.24) is 5.32 Å². The molecule has 0 saturated heterocycles. The van der Waals surface area contributed by atoms with E-state index in [0.717, 1.165) is 0 Å². The van der Waals surface area contributed by atoms with Crippen LogP contribution in [-0.4, -0.2) is 23.1 Å². The average molecular weight is 286 g/mol. The number of carbonyl (C=O) groups excluding carboxylic acids is 1. The van der Waals surface area contributed by atoms with Gasteiger partial charge in [0.1, 0.15) is 18.2 Å². The summed E-state index contributed by atoms with van der Waals surface area (Å²) in [5, 5.41) is 31.4. The van der Waals surface area contributed by atoms with Crippen molar-refractivity contribution >= 4 is 17.7 Å².